The van der Waals surface area contributed by atoms with E-state index in [2.05, 4.69) is 27.1 Å². The fraction of sp³-hybridized carbons (Fsp3) is 0.571. The maximum absolute atomic E-state index is 13.1. The minimum Gasteiger partial charge on any atom is -0.463 e. The number of thiazole rings is 1. The number of Topliss-reactive ketones (excluding diaryl/α,β-unsaturated/α-hetero) is 1. The Labute approximate surface area is 180 Å². The van der Waals surface area contributed by atoms with Gasteiger partial charge in [0.1, 0.15) is 10.6 Å². The molecule has 1 amide bonds. The molecule has 30 heavy (non-hydrogen) atoms. The molecule has 0 radical (unpaired) electrons. The molecular formula is C21H28N4O4S. The van der Waals surface area contributed by atoms with Crippen LogP contribution in [0.25, 0.3) is 11.5 Å². The minimum absolute atomic E-state index is 0.0539. The van der Waals surface area contributed by atoms with Gasteiger partial charge in [-0.05, 0) is 51.5 Å². The zero-order valence-electron chi connectivity index (χ0n) is 17.3. The molecule has 0 unspecified atom stereocenters. The topological polar surface area (TPSA) is 87.9 Å². The second kappa shape index (κ2) is 9.82. The van der Waals surface area contributed by atoms with Gasteiger partial charge in [0.15, 0.2) is 16.7 Å². The zero-order valence-corrected chi connectivity index (χ0v) is 18.1. The molecule has 4 rings (SSSR count). The summed E-state index contributed by atoms with van der Waals surface area (Å²) >= 11 is 1.23. The van der Waals surface area contributed by atoms with Gasteiger partial charge in [-0.1, -0.05) is 11.3 Å². The molecule has 2 aromatic rings. The van der Waals surface area contributed by atoms with Gasteiger partial charge < -0.3 is 19.4 Å². The number of nitrogens with zero attached hydrogens (tertiary/aromatic N) is 3. The van der Waals surface area contributed by atoms with Crippen LogP contribution in [0.3, 0.4) is 0 Å². The van der Waals surface area contributed by atoms with Crippen LogP contribution in [0.15, 0.2) is 22.8 Å². The molecule has 0 saturated carbocycles. The fourth-order valence-electron chi connectivity index (χ4n) is 3.89. The first-order valence-corrected chi connectivity index (χ1v) is 11.3. The molecule has 8 nitrogen and oxygen atoms in total. The molecule has 2 saturated heterocycles. The normalized spacial score (nSPS) is 19.5. The number of ketones is 1. The van der Waals surface area contributed by atoms with Gasteiger partial charge in [0.25, 0.3) is 0 Å². The summed E-state index contributed by atoms with van der Waals surface area (Å²) in [5, 5.41) is 3.33. The number of hydrogen-bond donors (Lipinski definition) is 1. The van der Waals surface area contributed by atoms with Gasteiger partial charge in [0.2, 0.25) is 5.91 Å². The van der Waals surface area contributed by atoms with Crippen molar-refractivity contribution >= 4 is 28.2 Å². The number of hydrogen-bond acceptors (Lipinski definition) is 8. The van der Waals surface area contributed by atoms with Gasteiger partial charge >= 0.3 is 0 Å². The third-order valence-corrected chi connectivity index (χ3v) is 6.61. The van der Waals surface area contributed by atoms with Gasteiger partial charge in [-0.2, -0.15) is 0 Å². The van der Waals surface area contributed by atoms with Crippen molar-refractivity contribution in [2.45, 2.75) is 19.3 Å². The van der Waals surface area contributed by atoms with Gasteiger partial charge in [0, 0.05) is 32.2 Å². The summed E-state index contributed by atoms with van der Waals surface area (Å²) in [6, 6.07) is 3.56. The molecule has 2 fully saturated rings. The van der Waals surface area contributed by atoms with Crippen LogP contribution in [0.2, 0.25) is 0 Å². The number of rotatable bonds is 6. The number of ether oxygens (including phenoxy) is 1. The molecule has 0 aromatic carbocycles. The van der Waals surface area contributed by atoms with E-state index in [1.54, 1.807) is 18.4 Å². The molecule has 0 atom stereocenters. The predicted octanol–water partition coefficient (Wildman–Crippen LogP) is 2.59. The van der Waals surface area contributed by atoms with E-state index in [0.29, 0.717) is 54.1 Å². The van der Waals surface area contributed by atoms with Crippen molar-refractivity contribution in [3.63, 3.8) is 0 Å². The third kappa shape index (κ3) is 5.15. The smallest absolute Gasteiger partial charge is 0.240 e. The number of aromatic nitrogens is 1. The van der Waals surface area contributed by atoms with Crippen molar-refractivity contribution in [2.75, 3.05) is 58.3 Å². The van der Waals surface area contributed by atoms with Gasteiger partial charge in [-0.15, -0.1) is 0 Å². The minimum atomic E-state index is -0.107. The first-order chi connectivity index (χ1) is 14.6. The number of likely N-dealkylation sites (N-methyl/N-ethyl adjacent to an activating group) is 1. The monoisotopic (exact) mass is 432 g/mol. The summed E-state index contributed by atoms with van der Waals surface area (Å²) < 4.78 is 10.9. The van der Waals surface area contributed by atoms with Crippen LogP contribution < -0.4 is 5.32 Å². The molecule has 2 aromatic heterocycles. The van der Waals surface area contributed by atoms with E-state index in [1.807, 2.05) is 0 Å². The van der Waals surface area contributed by atoms with Crippen LogP contribution in [0, 0.1) is 5.92 Å². The Hall–Kier alpha value is -2.07. The highest BCUT2D eigenvalue weighted by Gasteiger charge is 2.29. The Bertz CT molecular complexity index is 860. The van der Waals surface area contributed by atoms with Crippen LogP contribution >= 0.6 is 11.3 Å². The molecule has 9 heteroatoms. The lowest BCUT2D eigenvalue weighted by atomic mass is 9.94. The summed E-state index contributed by atoms with van der Waals surface area (Å²) in [4.78, 5) is 35.3. The first kappa shape index (κ1) is 21.2. The summed E-state index contributed by atoms with van der Waals surface area (Å²) in [5.41, 5.74) is 0.508. The number of furan rings is 1. The predicted molar refractivity (Wildman–Crippen MR) is 115 cm³/mol. The Morgan fingerprint density at radius 3 is 2.83 bits per heavy atom. The number of anilines is 1. The SMILES string of the molecule is CN1CCCN(CC(=O)Nc2nc(-c3ccco3)c(C(=O)C3CCOCC3)s2)CC1. The maximum Gasteiger partial charge on any atom is 0.240 e. The number of carbonyl (C=O) groups is 2. The first-order valence-electron chi connectivity index (χ1n) is 10.5. The van der Waals surface area contributed by atoms with Crippen molar-refractivity contribution < 1.29 is 18.7 Å². The highest BCUT2D eigenvalue weighted by molar-refractivity contribution is 7.18. The Morgan fingerprint density at radius 2 is 2.07 bits per heavy atom. The summed E-state index contributed by atoms with van der Waals surface area (Å²) in [7, 11) is 2.10. The number of amides is 1. The highest BCUT2D eigenvalue weighted by atomic mass is 32.1. The van der Waals surface area contributed by atoms with E-state index in [4.69, 9.17) is 9.15 Å². The second-order valence-corrected chi connectivity index (χ2v) is 8.91. The van der Waals surface area contributed by atoms with Crippen molar-refractivity contribution in [3.05, 3.63) is 23.3 Å². The average molecular weight is 433 g/mol. The third-order valence-electron chi connectivity index (χ3n) is 5.62. The van der Waals surface area contributed by atoms with Gasteiger partial charge in [0.05, 0.1) is 12.8 Å². The van der Waals surface area contributed by atoms with Crippen LogP contribution in [0.1, 0.15) is 28.9 Å². The lowest BCUT2D eigenvalue weighted by molar-refractivity contribution is -0.117. The van der Waals surface area contributed by atoms with Crippen LogP contribution in [0.5, 0.6) is 0 Å². The Balaban J connectivity index is 1.48. The van der Waals surface area contributed by atoms with Gasteiger partial charge in [-0.25, -0.2) is 4.98 Å². The molecule has 0 bridgehead atoms. The van der Waals surface area contributed by atoms with Crippen LogP contribution in [-0.2, 0) is 9.53 Å². The number of nitrogens with one attached hydrogen (secondary N) is 1. The second-order valence-electron chi connectivity index (χ2n) is 7.91. The Morgan fingerprint density at radius 1 is 1.23 bits per heavy atom. The number of carbonyl (C=O) groups excluding carboxylic acids is 2. The van der Waals surface area contributed by atoms with Crippen molar-refractivity contribution in [1.82, 2.24) is 14.8 Å². The van der Waals surface area contributed by atoms with E-state index in [-0.39, 0.29) is 17.6 Å². The maximum atomic E-state index is 13.1. The molecule has 2 aliphatic heterocycles. The molecular weight excluding hydrogens is 404 g/mol. The standard InChI is InChI=1S/C21H28N4O4S/c1-24-7-3-8-25(10-9-24)14-17(26)22-21-23-18(16-4-2-11-29-16)20(30-21)19(27)15-5-12-28-13-6-15/h2,4,11,15H,3,5-10,12-14H2,1H3,(H,22,23,26). The molecule has 1 N–H and O–H groups in total. The van der Waals surface area contributed by atoms with Crippen LogP contribution in [0.4, 0.5) is 5.13 Å². The lowest BCUT2D eigenvalue weighted by Gasteiger charge is -2.20. The van der Waals surface area contributed by atoms with Crippen LogP contribution in [-0.4, -0.2) is 79.5 Å². The van der Waals surface area contributed by atoms with E-state index in [9.17, 15) is 9.59 Å². The largest absolute Gasteiger partial charge is 0.463 e. The molecule has 4 heterocycles. The van der Waals surface area contributed by atoms with Crippen molar-refractivity contribution in [1.29, 1.82) is 0 Å². The Kier molecular flexibility index (Phi) is 6.93. The molecule has 0 aliphatic carbocycles. The highest BCUT2D eigenvalue weighted by Crippen LogP contribution is 2.35. The summed E-state index contributed by atoms with van der Waals surface area (Å²) in [6.45, 7) is 5.30. The van der Waals surface area contributed by atoms with E-state index < -0.39 is 0 Å². The zero-order chi connectivity index (χ0) is 20.9. The molecule has 162 valence electrons. The average Bonchev–Trinajstić information content (AvgIpc) is 3.37. The summed E-state index contributed by atoms with van der Waals surface area (Å²) in [6.07, 6.45) is 4.03. The summed E-state index contributed by atoms with van der Waals surface area (Å²) in [5.74, 6) is 0.408. The molecule has 2 aliphatic rings. The van der Waals surface area contributed by atoms with E-state index in [1.165, 1.54) is 11.3 Å². The van der Waals surface area contributed by atoms with Crippen molar-refractivity contribution in [2.24, 2.45) is 5.92 Å². The fourth-order valence-corrected chi connectivity index (χ4v) is 4.89. The quantitative estimate of drug-likeness (QED) is 0.702. The molecule has 0 spiro atoms. The lowest BCUT2D eigenvalue weighted by Crippen LogP contribution is -2.35. The van der Waals surface area contributed by atoms with Gasteiger partial charge in [-0.3, -0.25) is 14.5 Å². The van der Waals surface area contributed by atoms with E-state index >= 15 is 0 Å². The van der Waals surface area contributed by atoms with E-state index in [0.717, 1.165) is 32.6 Å². The van der Waals surface area contributed by atoms with Crippen molar-refractivity contribution in [3.8, 4) is 11.5 Å².